The number of halogens is 1. The first-order valence-corrected chi connectivity index (χ1v) is 10.2. The summed E-state index contributed by atoms with van der Waals surface area (Å²) in [5.41, 5.74) is 1.99. The molecule has 6 nitrogen and oxygen atoms in total. The number of benzene rings is 1. The molecule has 3 heterocycles. The number of carbonyl (C=O) groups excluding carboxylic acids is 1. The second kappa shape index (κ2) is 9.43. The third-order valence-electron chi connectivity index (χ3n) is 5.23. The highest BCUT2D eigenvalue weighted by Crippen LogP contribution is 2.32. The number of nitrogens with one attached hydrogen (secondary N) is 1. The average Bonchev–Trinajstić information content (AvgIpc) is 3.47. The van der Waals surface area contributed by atoms with Crippen LogP contribution in [0.15, 0.2) is 54.2 Å². The minimum atomic E-state index is -0.119. The van der Waals surface area contributed by atoms with Gasteiger partial charge in [0.25, 0.3) is 0 Å². The van der Waals surface area contributed by atoms with Gasteiger partial charge in [-0.05, 0) is 41.3 Å². The van der Waals surface area contributed by atoms with Gasteiger partial charge in [-0.2, -0.15) is 5.10 Å². The summed E-state index contributed by atoms with van der Waals surface area (Å²) in [6.45, 7) is 2.03. The number of aryl methyl sites for hydroxylation is 1. The van der Waals surface area contributed by atoms with Crippen molar-refractivity contribution in [3.05, 3.63) is 64.6 Å². The van der Waals surface area contributed by atoms with Crippen LogP contribution in [0.25, 0.3) is 0 Å². The van der Waals surface area contributed by atoms with Gasteiger partial charge >= 0.3 is 0 Å². The van der Waals surface area contributed by atoms with Gasteiger partial charge in [0, 0.05) is 42.8 Å². The molecular weight excluding hydrogens is 408 g/mol. The van der Waals surface area contributed by atoms with E-state index < -0.39 is 0 Å². The molecule has 0 saturated carbocycles. The van der Waals surface area contributed by atoms with E-state index in [1.165, 1.54) is 0 Å². The fourth-order valence-electron chi connectivity index (χ4n) is 3.74. The average molecular weight is 433 g/mol. The van der Waals surface area contributed by atoms with Gasteiger partial charge in [-0.25, -0.2) is 0 Å². The number of hydrogen-bond acceptors (Lipinski definition) is 5. The summed E-state index contributed by atoms with van der Waals surface area (Å²) >= 11 is 1.67. The summed E-state index contributed by atoms with van der Waals surface area (Å²) in [6, 6.07) is 11.8. The molecule has 0 radical (unpaired) electrons. The van der Waals surface area contributed by atoms with Gasteiger partial charge in [0.15, 0.2) is 0 Å². The Morgan fingerprint density at radius 2 is 2.10 bits per heavy atom. The molecule has 8 heteroatoms. The lowest BCUT2D eigenvalue weighted by molar-refractivity contribution is -0.122. The fraction of sp³-hybridized carbons (Fsp3) is 0.333. The maximum atomic E-state index is 13.6. The second-order valence-corrected chi connectivity index (χ2v) is 8.05. The molecular formula is C21H25ClN4O2S. The number of hydrogen-bond donors (Lipinski definition) is 1. The first-order chi connectivity index (χ1) is 13.7. The van der Waals surface area contributed by atoms with Gasteiger partial charge < -0.3 is 15.0 Å². The summed E-state index contributed by atoms with van der Waals surface area (Å²) in [6.07, 6.45) is 3.88. The summed E-state index contributed by atoms with van der Waals surface area (Å²) in [4.78, 5) is 16.7. The standard InChI is InChI=1S/C21H24N4O2S.ClH/c1-24-13-15(10-23-24)19-11-22-12-20(19)21(26)25(14-18-4-3-9-28-18)16-5-7-17(27-2)8-6-16;/h3-10,13,19-20,22H,11-12,14H2,1-2H3;1H/t19-,20+;/m1./s1. The lowest BCUT2D eigenvalue weighted by Gasteiger charge is -2.27. The van der Waals surface area contributed by atoms with Crippen LogP contribution in [0.4, 0.5) is 5.69 Å². The zero-order chi connectivity index (χ0) is 19.5. The van der Waals surface area contributed by atoms with E-state index in [4.69, 9.17) is 4.74 Å². The molecule has 0 spiro atoms. The number of amides is 1. The number of thiophene rings is 1. The Kier molecular flexibility index (Phi) is 6.95. The summed E-state index contributed by atoms with van der Waals surface area (Å²) < 4.78 is 7.07. The van der Waals surface area contributed by atoms with Gasteiger partial charge in [-0.3, -0.25) is 9.48 Å². The highest BCUT2D eigenvalue weighted by atomic mass is 35.5. The Morgan fingerprint density at radius 1 is 1.31 bits per heavy atom. The minimum absolute atomic E-state index is 0. The SMILES string of the molecule is COc1ccc(N(Cc2cccs2)C(=O)[C@H]2CNC[C@@H]2c2cnn(C)c2)cc1.Cl. The Hall–Kier alpha value is -2.35. The summed E-state index contributed by atoms with van der Waals surface area (Å²) in [5.74, 6) is 0.928. The van der Waals surface area contributed by atoms with Crippen LogP contribution in [0.2, 0.25) is 0 Å². The van der Waals surface area contributed by atoms with E-state index in [0.717, 1.165) is 28.4 Å². The van der Waals surface area contributed by atoms with Crippen LogP contribution in [-0.2, 0) is 18.4 Å². The van der Waals surface area contributed by atoms with Crippen LogP contribution in [0.3, 0.4) is 0 Å². The monoisotopic (exact) mass is 432 g/mol. The zero-order valence-corrected chi connectivity index (χ0v) is 18.1. The van der Waals surface area contributed by atoms with Crippen LogP contribution in [0, 0.1) is 5.92 Å². The number of carbonyl (C=O) groups is 1. The summed E-state index contributed by atoms with van der Waals surface area (Å²) in [7, 11) is 3.55. The van der Waals surface area contributed by atoms with Crippen molar-refractivity contribution >= 4 is 35.3 Å². The van der Waals surface area contributed by atoms with Crippen LogP contribution in [0.5, 0.6) is 5.75 Å². The molecule has 2 atom stereocenters. The van der Waals surface area contributed by atoms with Crippen LogP contribution >= 0.6 is 23.7 Å². The van der Waals surface area contributed by atoms with Crippen molar-refractivity contribution in [2.45, 2.75) is 12.5 Å². The molecule has 3 aromatic rings. The van der Waals surface area contributed by atoms with Gasteiger partial charge in [-0.15, -0.1) is 23.7 Å². The number of nitrogens with zero attached hydrogens (tertiary/aromatic N) is 3. The van der Waals surface area contributed by atoms with E-state index in [-0.39, 0.29) is 30.2 Å². The van der Waals surface area contributed by atoms with E-state index >= 15 is 0 Å². The molecule has 29 heavy (non-hydrogen) atoms. The van der Waals surface area contributed by atoms with Crippen molar-refractivity contribution < 1.29 is 9.53 Å². The topological polar surface area (TPSA) is 59.4 Å². The molecule has 1 fully saturated rings. The molecule has 154 valence electrons. The maximum Gasteiger partial charge on any atom is 0.232 e. The minimum Gasteiger partial charge on any atom is -0.497 e. The molecule has 1 amide bonds. The van der Waals surface area contributed by atoms with Crippen LogP contribution in [0.1, 0.15) is 16.4 Å². The maximum absolute atomic E-state index is 13.6. The Balaban J connectivity index is 0.00000240. The molecule has 1 aliphatic rings. The van der Waals surface area contributed by atoms with E-state index in [9.17, 15) is 4.79 Å². The lowest BCUT2D eigenvalue weighted by Crippen LogP contribution is -2.38. The highest BCUT2D eigenvalue weighted by Gasteiger charge is 2.37. The molecule has 1 aliphatic heterocycles. The molecule has 0 aliphatic carbocycles. The lowest BCUT2D eigenvalue weighted by atomic mass is 9.89. The van der Waals surface area contributed by atoms with Crippen LogP contribution < -0.4 is 15.0 Å². The molecule has 2 aromatic heterocycles. The van der Waals surface area contributed by atoms with Crippen molar-refractivity contribution in [2.24, 2.45) is 13.0 Å². The third kappa shape index (κ3) is 4.63. The van der Waals surface area contributed by atoms with Crippen molar-refractivity contribution in [3.63, 3.8) is 0 Å². The molecule has 0 bridgehead atoms. The first kappa shape index (κ1) is 21.4. The van der Waals surface area contributed by atoms with Gasteiger partial charge in [0.1, 0.15) is 5.75 Å². The number of anilines is 1. The number of aromatic nitrogens is 2. The van der Waals surface area contributed by atoms with E-state index in [0.29, 0.717) is 13.1 Å². The highest BCUT2D eigenvalue weighted by molar-refractivity contribution is 7.09. The van der Waals surface area contributed by atoms with Gasteiger partial charge in [0.05, 0.1) is 25.8 Å². The Bertz CT molecular complexity index is 927. The van der Waals surface area contributed by atoms with Gasteiger partial charge in [-0.1, -0.05) is 6.07 Å². The zero-order valence-electron chi connectivity index (χ0n) is 16.4. The van der Waals surface area contributed by atoms with Gasteiger partial charge in [0.2, 0.25) is 5.91 Å². The largest absolute Gasteiger partial charge is 0.497 e. The Morgan fingerprint density at radius 3 is 2.72 bits per heavy atom. The quantitative estimate of drug-likeness (QED) is 0.648. The van der Waals surface area contributed by atoms with Crippen molar-refractivity contribution in [1.29, 1.82) is 0 Å². The van der Waals surface area contributed by atoms with Crippen molar-refractivity contribution in [1.82, 2.24) is 15.1 Å². The van der Waals surface area contributed by atoms with Crippen LogP contribution in [-0.4, -0.2) is 35.9 Å². The summed E-state index contributed by atoms with van der Waals surface area (Å²) in [5, 5.41) is 9.73. The second-order valence-electron chi connectivity index (χ2n) is 7.02. The number of ether oxygens (including phenoxy) is 1. The molecule has 0 unspecified atom stereocenters. The number of methoxy groups -OCH3 is 1. The van der Waals surface area contributed by atoms with E-state index in [2.05, 4.69) is 16.5 Å². The predicted molar refractivity (Wildman–Crippen MR) is 118 cm³/mol. The number of rotatable bonds is 6. The normalized spacial score (nSPS) is 18.3. The van der Waals surface area contributed by atoms with Crippen molar-refractivity contribution in [3.8, 4) is 5.75 Å². The molecule has 4 rings (SSSR count). The van der Waals surface area contributed by atoms with E-state index in [1.54, 1.807) is 23.1 Å². The molecule has 1 aromatic carbocycles. The third-order valence-corrected chi connectivity index (χ3v) is 6.09. The predicted octanol–water partition coefficient (Wildman–Crippen LogP) is 3.45. The fourth-order valence-corrected chi connectivity index (χ4v) is 4.43. The van der Waals surface area contributed by atoms with E-state index in [1.807, 2.05) is 60.1 Å². The molecule has 1 N–H and O–H groups in total. The smallest absolute Gasteiger partial charge is 0.232 e. The van der Waals surface area contributed by atoms with Crippen molar-refractivity contribution in [2.75, 3.05) is 25.1 Å². The Labute approximate surface area is 180 Å². The molecule has 1 saturated heterocycles. The first-order valence-electron chi connectivity index (χ1n) is 9.33.